The molecule has 2 aromatic heterocycles. The summed E-state index contributed by atoms with van der Waals surface area (Å²) in [5, 5.41) is 30.7. The van der Waals surface area contributed by atoms with Crippen LogP contribution in [-0.2, 0) is 24.2 Å². The Bertz CT molecular complexity index is 1090. The number of carbonyl (C=O) groups is 1. The highest BCUT2D eigenvalue weighted by molar-refractivity contribution is 7.15. The van der Waals surface area contributed by atoms with Crippen LogP contribution in [0.5, 0.6) is 5.75 Å². The lowest BCUT2D eigenvalue weighted by atomic mass is 10.1. The monoisotopic (exact) mass is 503 g/mol. The highest BCUT2D eigenvalue weighted by Crippen LogP contribution is 2.24. The molecule has 0 saturated heterocycles. The second kappa shape index (κ2) is 11.3. The third-order valence-corrected chi connectivity index (χ3v) is 5.27. The van der Waals surface area contributed by atoms with E-state index in [4.69, 9.17) is 0 Å². The molecule has 1 amide bonds. The molecule has 34 heavy (non-hydrogen) atoms. The quantitative estimate of drug-likeness (QED) is 0.269. The Morgan fingerprint density at radius 2 is 2.09 bits per heavy atom. The zero-order valence-corrected chi connectivity index (χ0v) is 18.6. The van der Waals surface area contributed by atoms with E-state index in [9.17, 15) is 27.5 Å². The lowest BCUT2D eigenvalue weighted by Gasteiger charge is -2.09. The third-order valence-electron chi connectivity index (χ3n) is 4.38. The van der Waals surface area contributed by atoms with Gasteiger partial charge in [0, 0.05) is 6.42 Å². The van der Waals surface area contributed by atoms with Crippen LogP contribution < -0.4 is 15.4 Å². The van der Waals surface area contributed by atoms with E-state index in [1.165, 1.54) is 23.0 Å². The maximum Gasteiger partial charge on any atom is 0.573 e. The molecular formula is C19H21F4N7O3S. The van der Waals surface area contributed by atoms with Gasteiger partial charge < -0.3 is 15.2 Å². The van der Waals surface area contributed by atoms with Crippen LogP contribution in [0.4, 0.5) is 22.7 Å². The van der Waals surface area contributed by atoms with E-state index in [2.05, 4.69) is 35.9 Å². The number of hydrogen-bond acceptors (Lipinski definition) is 9. The number of rotatable bonds is 11. The van der Waals surface area contributed by atoms with Crippen LogP contribution >= 0.6 is 11.3 Å². The van der Waals surface area contributed by atoms with Crippen molar-refractivity contribution in [2.24, 2.45) is 0 Å². The standard InChI is InChI=1S/C19H21F4N7O3S/c1-24-17(32)14-10-30(29-26-14)9-12(20)5-6-16-27-28-18(34-16)25-15(31)8-11-3-2-4-13(7-11)33-19(21,22)23/h2-4,7,10,12,17,24,32H,5-6,8-9H2,1H3,(H,25,28,31)/t12-,17?/m1/s1. The molecular weight excluding hydrogens is 482 g/mol. The topological polar surface area (TPSA) is 127 Å². The molecule has 0 radical (unpaired) electrons. The first kappa shape index (κ1) is 25.5. The number of amides is 1. The largest absolute Gasteiger partial charge is 0.573 e. The summed E-state index contributed by atoms with van der Waals surface area (Å²) in [5.74, 6) is -0.918. The molecule has 3 N–H and O–H groups in total. The smallest absolute Gasteiger partial charge is 0.406 e. The summed E-state index contributed by atoms with van der Waals surface area (Å²) in [6.07, 6.45) is -5.43. The number of anilines is 1. The van der Waals surface area contributed by atoms with E-state index in [0.29, 0.717) is 10.6 Å². The fraction of sp³-hybridized carbons (Fsp3) is 0.421. The van der Waals surface area contributed by atoms with Crippen molar-refractivity contribution in [3.63, 3.8) is 0 Å². The maximum absolute atomic E-state index is 14.3. The molecule has 3 aromatic rings. The van der Waals surface area contributed by atoms with Gasteiger partial charge in [0.25, 0.3) is 0 Å². The molecule has 2 heterocycles. The zero-order valence-electron chi connectivity index (χ0n) is 17.8. The van der Waals surface area contributed by atoms with E-state index in [0.717, 1.165) is 23.5 Å². The summed E-state index contributed by atoms with van der Waals surface area (Å²) in [7, 11) is 1.55. The highest BCUT2D eigenvalue weighted by atomic mass is 32.1. The second-order valence-electron chi connectivity index (χ2n) is 7.11. The molecule has 0 spiro atoms. The molecule has 0 saturated carbocycles. The summed E-state index contributed by atoms with van der Waals surface area (Å²) < 4.78 is 56.4. The molecule has 0 aliphatic heterocycles. The predicted octanol–water partition coefficient (Wildman–Crippen LogP) is 2.39. The molecule has 0 aliphatic carbocycles. The lowest BCUT2D eigenvalue weighted by molar-refractivity contribution is -0.274. The number of aliphatic hydroxyl groups is 1. The number of halogens is 4. The van der Waals surface area contributed by atoms with Crippen LogP contribution in [-0.4, -0.2) is 55.8 Å². The van der Waals surface area contributed by atoms with Gasteiger partial charge in [0.05, 0.1) is 19.2 Å². The van der Waals surface area contributed by atoms with Crippen molar-refractivity contribution < 1.29 is 32.2 Å². The SMILES string of the molecule is CNC(O)c1cn(C[C@H](F)CCc2nnc(NC(=O)Cc3cccc(OC(F)(F)F)c3)s2)nn1. The van der Waals surface area contributed by atoms with Crippen LogP contribution in [0.1, 0.15) is 28.9 Å². The minimum atomic E-state index is -4.82. The van der Waals surface area contributed by atoms with Crippen LogP contribution in [0.3, 0.4) is 0 Å². The van der Waals surface area contributed by atoms with E-state index >= 15 is 0 Å². The number of aromatic nitrogens is 5. The lowest BCUT2D eigenvalue weighted by Crippen LogP contribution is -2.17. The van der Waals surface area contributed by atoms with Gasteiger partial charge in [0.2, 0.25) is 11.0 Å². The van der Waals surface area contributed by atoms with Gasteiger partial charge in [-0.05, 0) is 31.2 Å². The van der Waals surface area contributed by atoms with Crippen molar-refractivity contribution in [1.29, 1.82) is 0 Å². The van der Waals surface area contributed by atoms with Crippen molar-refractivity contribution >= 4 is 22.4 Å². The van der Waals surface area contributed by atoms with Crippen molar-refractivity contribution in [2.45, 2.75) is 44.6 Å². The molecule has 10 nitrogen and oxygen atoms in total. The van der Waals surface area contributed by atoms with Gasteiger partial charge in [-0.15, -0.1) is 28.5 Å². The molecule has 0 bridgehead atoms. The van der Waals surface area contributed by atoms with Gasteiger partial charge in [-0.3, -0.25) is 10.1 Å². The van der Waals surface area contributed by atoms with Crippen molar-refractivity contribution in [1.82, 2.24) is 30.5 Å². The predicted molar refractivity (Wildman–Crippen MR) is 113 cm³/mol. The van der Waals surface area contributed by atoms with Crippen molar-refractivity contribution in [2.75, 3.05) is 12.4 Å². The van der Waals surface area contributed by atoms with Crippen LogP contribution in [0, 0.1) is 0 Å². The fourth-order valence-electron chi connectivity index (χ4n) is 2.86. The number of nitrogens with zero attached hydrogens (tertiary/aromatic N) is 5. The van der Waals surface area contributed by atoms with Crippen molar-refractivity contribution in [3.8, 4) is 5.75 Å². The average Bonchev–Trinajstić information content (AvgIpc) is 3.40. The normalized spacial score (nSPS) is 13.5. The van der Waals surface area contributed by atoms with Gasteiger partial charge >= 0.3 is 6.36 Å². The molecule has 3 rings (SSSR count). The molecule has 1 unspecified atom stereocenters. The third kappa shape index (κ3) is 8.00. The van der Waals surface area contributed by atoms with Gasteiger partial charge in [-0.1, -0.05) is 28.7 Å². The number of aliphatic hydroxyl groups excluding tert-OH is 1. The number of hydrogen-bond donors (Lipinski definition) is 3. The number of aryl methyl sites for hydroxylation is 1. The Hall–Kier alpha value is -3.17. The minimum absolute atomic E-state index is 0.0526. The maximum atomic E-state index is 14.3. The van der Waals surface area contributed by atoms with Crippen LogP contribution in [0.25, 0.3) is 0 Å². The first-order valence-electron chi connectivity index (χ1n) is 9.97. The number of alkyl halides is 4. The Morgan fingerprint density at radius 3 is 2.82 bits per heavy atom. The molecule has 184 valence electrons. The van der Waals surface area contributed by atoms with E-state index in [-0.39, 0.29) is 36.6 Å². The summed E-state index contributed by atoms with van der Waals surface area (Å²) in [6.45, 7) is -0.0526. The molecule has 0 aliphatic rings. The average molecular weight is 503 g/mol. The number of carbonyl (C=O) groups excluding carboxylic acids is 1. The number of ether oxygens (including phenoxy) is 1. The summed E-state index contributed by atoms with van der Waals surface area (Å²) in [5.41, 5.74) is 0.599. The first-order valence-corrected chi connectivity index (χ1v) is 10.8. The summed E-state index contributed by atoms with van der Waals surface area (Å²) in [6, 6.07) is 5.10. The Kier molecular flexibility index (Phi) is 8.46. The van der Waals surface area contributed by atoms with E-state index in [1.54, 1.807) is 7.05 Å². The van der Waals surface area contributed by atoms with Gasteiger partial charge in [0.1, 0.15) is 22.6 Å². The van der Waals surface area contributed by atoms with Gasteiger partial charge in [-0.2, -0.15) is 0 Å². The summed E-state index contributed by atoms with van der Waals surface area (Å²) >= 11 is 1.07. The molecule has 0 fully saturated rings. The molecule has 1 aromatic carbocycles. The van der Waals surface area contributed by atoms with Gasteiger partial charge in [-0.25, -0.2) is 9.07 Å². The second-order valence-corrected chi connectivity index (χ2v) is 8.18. The Balaban J connectivity index is 1.45. The highest BCUT2D eigenvalue weighted by Gasteiger charge is 2.31. The fourth-order valence-corrected chi connectivity index (χ4v) is 3.63. The first-order chi connectivity index (χ1) is 16.1. The Morgan fingerprint density at radius 1 is 1.29 bits per heavy atom. The molecule has 15 heteroatoms. The van der Waals surface area contributed by atoms with Gasteiger partial charge in [0.15, 0.2) is 6.23 Å². The molecule has 2 atom stereocenters. The van der Waals surface area contributed by atoms with Crippen LogP contribution in [0.15, 0.2) is 30.5 Å². The van der Waals surface area contributed by atoms with E-state index < -0.39 is 30.4 Å². The number of nitrogens with one attached hydrogen (secondary N) is 2. The van der Waals surface area contributed by atoms with Crippen molar-refractivity contribution in [3.05, 3.63) is 46.7 Å². The number of benzene rings is 1. The zero-order chi connectivity index (χ0) is 24.7. The Labute approximate surface area is 195 Å². The van der Waals surface area contributed by atoms with E-state index in [1.807, 2.05) is 0 Å². The van der Waals surface area contributed by atoms with Crippen LogP contribution in [0.2, 0.25) is 0 Å². The minimum Gasteiger partial charge on any atom is -0.406 e. The summed E-state index contributed by atoms with van der Waals surface area (Å²) in [4.78, 5) is 12.2.